The molecule has 0 N–H and O–H groups in total. The minimum absolute atomic E-state index is 0.510. The zero-order valence-corrected chi connectivity index (χ0v) is 27.9. The summed E-state index contributed by atoms with van der Waals surface area (Å²) < 4.78 is 8.43. The largest absolute Gasteiger partial charge is 0.436 e. The Labute approximate surface area is 299 Å². The summed E-state index contributed by atoms with van der Waals surface area (Å²) in [5, 5.41) is 2.25. The van der Waals surface area contributed by atoms with Gasteiger partial charge in [-0.25, -0.2) is 9.97 Å². The molecule has 0 saturated heterocycles. The molecule has 0 amide bonds. The van der Waals surface area contributed by atoms with E-state index in [1.807, 2.05) is 60.7 Å². The van der Waals surface area contributed by atoms with Gasteiger partial charge in [-0.1, -0.05) is 140 Å². The number of rotatable bonds is 6. The van der Waals surface area contributed by atoms with E-state index in [2.05, 4.69) is 120 Å². The van der Waals surface area contributed by atoms with E-state index in [4.69, 9.17) is 24.4 Å². The van der Waals surface area contributed by atoms with Gasteiger partial charge in [-0.05, 0) is 58.7 Å². The van der Waals surface area contributed by atoms with Gasteiger partial charge >= 0.3 is 0 Å². The van der Waals surface area contributed by atoms with Gasteiger partial charge < -0.3 is 4.42 Å². The first kappa shape index (κ1) is 29.7. The van der Waals surface area contributed by atoms with E-state index in [1.165, 1.54) is 0 Å². The number of para-hydroxylation sites is 2. The molecule has 0 unspecified atom stereocenters. The van der Waals surface area contributed by atoms with Crippen LogP contribution in [0.5, 0.6) is 0 Å². The summed E-state index contributed by atoms with van der Waals surface area (Å²) in [6, 6.07) is 60.0. The maximum Gasteiger partial charge on any atom is 0.238 e. The van der Waals surface area contributed by atoms with Crippen LogP contribution in [0.25, 0.3) is 95.3 Å². The molecule has 0 radical (unpaired) electrons. The monoisotopic (exact) mass is 667 g/mol. The Bertz CT molecular complexity index is 2880. The predicted octanol–water partition coefficient (Wildman–Crippen LogP) is 11.4. The lowest BCUT2D eigenvalue weighted by Crippen LogP contribution is -2.06. The molecule has 0 bridgehead atoms. The molecular formula is C46H29N5O. The average Bonchev–Trinajstić information content (AvgIpc) is 3.81. The van der Waals surface area contributed by atoms with Crippen molar-refractivity contribution in [2.24, 2.45) is 0 Å². The highest BCUT2D eigenvalue weighted by Crippen LogP contribution is 2.36. The Morgan fingerprint density at radius 2 is 0.962 bits per heavy atom. The third-order valence-electron chi connectivity index (χ3n) is 9.54. The molecular weight excluding hydrogens is 639 g/mol. The minimum Gasteiger partial charge on any atom is -0.436 e. The van der Waals surface area contributed by atoms with Gasteiger partial charge in [0.1, 0.15) is 5.52 Å². The second-order valence-corrected chi connectivity index (χ2v) is 12.7. The molecule has 6 nitrogen and oxygen atoms in total. The smallest absolute Gasteiger partial charge is 0.238 e. The molecule has 0 fully saturated rings. The third kappa shape index (κ3) is 5.13. The van der Waals surface area contributed by atoms with Crippen LogP contribution in [0.3, 0.4) is 0 Å². The Kier molecular flexibility index (Phi) is 7.03. The molecule has 3 heterocycles. The summed E-state index contributed by atoms with van der Waals surface area (Å²) in [6.45, 7) is 0. The number of hydrogen-bond acceptors (Lipinski definition) is 5. The first-order valence-electron chi connectivity index (χ1n) is 17.2. The molecule has 52 heavy (non-hydrogen) atoms. The van der Waals surface area contributed by atoms with Gasteiger partial charge in [-0.15, -0.1) is 0 Å². The van der Waals surface area contributed by atoms with Crippen LogP contribution in [-0.4, -0.2) is 24.5 Å². The zero-order valence-electron chi connectivity index (χ0n) is 27.9. The van der Waals surface area contributed by atoms with Gasteiger partial charge in [0, 0.05) is 27.5 Å². The van der Waals surface area contributed by atoms with Gasteiger partial charge in [0.15, 0.2) is 17.2 Å². The van der Waals surface area contributed by atoms with Gasteiger partial charge in [0.05, 0.1) is 11.0 Å². The fraction of sp³-hybridized carbons (Fsp3) is 0. The number of nitrogens with zero attached hydrogens (tertiary/aromatic N) is 5. The normalized spacial score (nSPS) is 11.5. The van der Waals surface area contributed by atoms with Crippen molar-refractivity contribution in [3.63, 3.8) is 0 Å². The molecule has 244 valence electrons. The predicted molar refractivity (Wildman–Crippen MR) is 209 cm³/mol. The molecule has 3 aromatic heterocycles. The van der Waals surface area contributed by atoms with E-state index in [1.54, 1.807) is 0 Å². The van der Waals surface area contributed by atoms with Gasteiger partial charge in [0.2, 0.25) is 11.8 Å². The van der Waals surface area contributed by atoms with Gasteiger partial charge in [0.25, 0.3) is 0 Å². The summed E-state index contributed by atoms with van der Waals surface area (Å²) in [5.74, 6) is 2.14. The molecule has 0 aliphatic carbocycles. The highest BCUT2D eigenvalue weighted by atomic mass is 16.3. The lowest BCUT2D eigenvalue weighted by atomic mass is 10.0. The Hall–Kier alpha value is -7.18. The Morgan fingerprint density at radius 1 is 0.385 bits per heavy atom. The summed E-state index contributed by atoms with van der Waals surface area (Å²) >= 11 is 0. The van der Waals surface area contributed by atoms with Crippen molar-refractivity contribution in [3.05, 3.63) is 176 Å². The fourth-order valence-electron chi connectivity index (χ4n) is 6.99. The van der Waals surface area contributed by atoms with E-state index in [9.17, 15) is 0 Å². The Balaban J connectivity index is 1.22. The summed E-state index contributed by atoms with van der Waals surface area (Å²) in [4.78, 5) is 20.5. The first-order chi connectivity index (χ1) is 25.8. The molecule has 10 rings (SSSR count). The van der Waals surface area contributed by atoms with E-state index >= 15 is 0 Å². The second kappa shape index (κ2) is 12.3. The minimum atomic E-state index is 0.510. The van der Waals surface area contributed by atoms with E-state index in [0.29, 0.717) is 34.6 Å². The quantitative estimate of drug-likeness (QED) is 0.176. The van der Waals surface area contributed by atoms with Crippen molar-refractivity contribution in [2.75, 3.05) is 0 Å². The molecule has 10 aromatic rings. The second-order valence-electron chi connectivity index (χ2n) is 12.7. The van der Waals surface area contributed by atoms with Crippen molar-refractivity contribution in [1.29, 1.82) is 0 Å². The summed E-state index contributed by atoms with van der Waals surface area (Å²) in [6.07, 6.45) is 0. The van der Waals surface area contributed by atoms with Crippen molar-refractivity contribution in [1.82, 2.24) is 24.5 Å². The SMILES string of the molecule is c1ccc(-c2ccc(-c3nc(-c4cccc5oc(-c6ccccc6)nc45)nc(-n4c5ccccc5c5ccc(-c6ccccc6)cc54)n3)cc2)cc1. The van der Waals surface area contributed by atoms with Crippen molar-refractivity contribution in [2.45, 2.75) is 0 Å². The lowest BCUT2D eigenvalue weighted by Gasteiger charge is -2.12. The lowest BCUT2D eigenvalue weighted by molar-refractivity contribution is 0.620. The highest BCUT2D eigenvalue weighted by Gasteiger charge is 2.21. The Morgan fingerprint density at radius 3 is 1.71 bits per heavy atom. The summed E-state index contributed by atoms with van der Waals surface area (Å²) in [5.41, 5.74) is 10.5. The summed E-state index contributed by atoms with van der Waals surface area (Å²) in [7, 11) is 0. The van der Waals surface area contributed by atoms with Crippen LogP contribution in [0.4, 0.5) is 0 Å². The van der Waals surface area contributed by atoms with E-state index in [-0.39, 0.29) is 0 Å². The highest BCUT2D eigenvalue weighted by molar-refractivity contribution is 6.10. The van der Waals surface area contributed by atoms with Gasteiger partial charge in [-0.3, -0.25) is 4.57 Å². The molecule has 0 atom stereocenters. The van der Waals surface area contributed by atoms with Crippen molar-refractivity contribution >= 4 is 32.9 Å². The van der Waals surface area contributed by atoms with Crippen LogP contribution >= 0.6 is 0 Å². The number of hydrogen-bond donors (Lipinski definition) is 0. The van der Waals surface area contributed by atoms with Crippen LogP contribution in [0.15, 0.2) is 180 Å². The van der Waals surface area contributed by atoms with Crippen LogP contribution in [0.2, 0.25) is 0 Å². The third-order valence-corrected chi connectivity index (χ3v) is 9.54. The first-order valence-corrected chi connectivity index (χ1v) is 17.2. The number of fused-ring (bicyclic) bond motifs is 4. The average molecular weight is 668 g/mol. The topological polar surface area (TPSA) is 69.6 Å². The fourth-order valence-corrected chi connectivity index (χ4v) is 6.99. The van der Waals surface area contributed by atoms with Crippen molar-refractivity contribution < 1.29 is 4.42 Å². The number of benzene rings is 7. The standard InChI is InChI=1S/C46H29N5O/c1-4-13-30(14-5-1)32-23-25-33(26-24-32)43-48-44(38-20-12-22-41-42(38)47-45(52-41)34-17-8-3-9-18-34)50-46(49-43)51-39-21-11-10-19-36(39)37-28-27-35(29-40(37)51)31-15-6-2-7-16-31/h1-29H. The molecule has 6 heteroatoms. The molecule has 0 spiro atoms. The maximum absolute atomic E-state index is 6.27. The van der Waals surface area contributed by atoms with E-state index in [0.717, 1.165) is 60.8 Å². The van der Waals surface area contributed by atoms with Crippen molar-refractivity contribution in [3.8, 4) is 62.4 Å². The molecule has 7 aromatic carbocycles. The van der Waals surface area contributed by atoms with Crippen LogP contribution in [-0.2, 0) is 0 Å². The van der Waals surface area contributed by atoms with E-state index < -0.39 is 0 Å². The van der Waals surface area contributed by atoms with Crippen LogP contribution in [0.1, 0.15) is 0 Å². The number of aromatic nitrogens is 5. The maximum atomic E-state index is 6.27. The zero-order chi connectivity index (χ0) is 34.4. The molecule has 0 aliphatic heterocycles. The van der Waals surface area contributed by atoms with Crippen LogP contribution < -0.4 is 0 Å². The van der Waals surface area contributed by atoms with Gasteiger partial charge in [-0.2, -0.15) is 9.97 Å². The van der Waals surface area contributed by atoms with Crippen LogP contribution in [0, 0.1) is 0 Å². The molecule has 0 aliphatic rings. The molecule has 0 saturated carbocycles. The number of oxazole rings is 1.